The summed E-state index contributed by atoms with van der Waals surface area (Å²) in [5.74, 6) is 0.0350. The van der Waals surface area contributed by atoms with Crippen molar-refractivity contribution in [1.82, 2.24) is 4.90 Å². The highest BCUT2D eigenvalue weighted by Crippen LogP contribution is 2.27. The van der Waals surface area contributed by atoms with E-state index in [1.165, 1.54) is 0 Å². The average Bonchev–Trinajstić information content (AvgIpc) is 2.30. The van der Waals surface area contributed by atoms with Crippen molar-refractivity contribution in [3.8, 4) is 0 Å². The summed E-state index contributed by atoms with van der Waals surface area (Å²) in [4.78, 5) is 14.4. The molecule has 0 spiro atoms. The molecule has 18 heavy (non-hydrogen) atoms. The summed E-state index contributed by atoms with van der Waals surface area (Å²) < 4.78 is 0.882. The molecule has 1 heterocycles. The Labute approximate surface area is 120 Å². The van der Waals surface area contributed by atoms with Crippen LogP contribution in [0.5, 0.6) is 0 Å². The molecule has 0 radical (unpaired) electrons. The number of benzene rings is 1. The number of nitrogens with two attached hydrogens (primary N) is 1. The molecule has 0 bridgehead atoms. The normalized spacial score (nSPS) is 24.1. The van der Waals surface area contributed by atoms with Crippen LogP contribution in [0.1, 0.15) is 24.2 Å². The summed E-state index contributed by atoms with van der Waals surface area (Å²) >= 11 is 5.31. The predicted molar refractivity (Wildman–Crippen MR) is 81.0 cm³/mol. The predicted octanol–water partition coefficient (Wildman–Crippen LogP) is 3.00. The third kappa shape index (κ3) is 3.01. The molecule has 98 valence electrons. The molecular weight excluding hydrogens is 312 g/mol. The van der Waals surface area contributed by atoms with Crippen LogP contribution in [0.2, 0.25) is 0 Å². The fourth-order valence-electron chi connectivity index (χ4n) is 2.23. The molecule has 2 N–H and O–H groups in total. The van der Waals surface area contributed by atoms with Crippen molar-refractivity contribution >= 4 is 39.3 Å². The molecule has 1 amide bonds. The van der Waals surface area contributed by atoms with Gasteiger partial charge in [-0.1, -0.05) is 29.8 Å². The van der Waals surface area contributed by atoms with E-state index in [0.29, 0.717) is 21.8 Å². The second kappa shape index (κ2) is 5.53. The van der Waals surface area contributed by atoms with E-state index in [1.807, 2.05) is 22.7 Å². The minimum absolute atomic E-state index is 0.0350. The van der Waals surface area contributed by atoms with E-state index in [2.05, 4.69) is 29.8 Å². The molecule has 5 heteroatoms. The molecule has 1 aliphatic rings. The molecule has 0 aromatic heterocycles. The van der Waals surface area contributed by atoms with Crippen molar-refractivity contribution in [2.75, 3.05) is 18.8 Å². The molecule has 1 aromatic carbocycles. The lowest BCUT2D eigenvalue weighted by atomic mass is 10.1. The summed E-state index contributed by atoms with van der Waals surface area (Å²) in [6.07, 6.45) is 0. The molecular formula is C13H17BrN2OS. The van der Waals surface area contributed by atoms with Gasteiger partial charge in [-0.15, -0.1) is 0 Å². The smallest absolute Gasteiger partial charge is 0.256 e. The van der Waals surface area contributed by atoms with Crippen LogP contribution in [0, 0.1) is 0 Å². The van der Waals surface area contributed by atoms with E-state index < -0.39 is 0 Å². The number of thioether (sulfide) groups is 1. The summed E-state index contributed by atoms with van der Waals surface area (Å²) in [7, 11) is 0. The minimum Gasteiger partial charge on any atom is -0.398 e. The first kappa shape index (κ1) is 13.7. The third-order valence-corrected chi connectivity index (χ3v) is 4.67. The molecule has 2 unspecified atom stereocenters. The Morgan fingerprint density at radius 3 is 2.61 bits per heavy atom. The van der Waals surface area contributed by atoms with Gasteiger partial charge >= 0.3 is 0 Å². The van der Waals surface area contributed by atoms with Gasteiger partial charge in [-0.05, 0) is 18.2 Å². The molecule has 1 fully saturated rings. The number of halogens is 1. The van der Waals surface area contributed by atoms with Crippen molar-refractivity contribution < 1.29 is 4.79 Å². The van der Waals surface area contributed by atoms with E-state index >= 15 is 0 Å². The van der Waals surface area contributed by atoms with E-state index in [-0.39, 0.29) is 5.91 Å². The Kier molecular flexibility index (Phi) is 4.22. The molecule has 1 saturated heterocycles. The van der Waals surface area contributed by atoms with Gasteiger partial charge < -0.3 is 10.6 Å². The molecule has 0 aliphatic carbocycles. The van der Waals surface area contributed by atoms with Gasteiger partial charge in [0.15, 0.2) is 0 Å². The van der Waals surface area contributed by atoms with Gasteiger partial charge in [0, 0.05) is 33.7 Å². The molecule has 3 nitrogen and oxygen atoms in total. The largest absolute Gasteiger partial charge is 0.398 e. The summed E-state index contributed by atoms with van der Waals surface area (Å²) in [5.41, 5.74) is 7.03. The number of carbonyl (C=O) groups is 1. The number of rotatable bonds is 1. The average molecular weight is 329 g/mol. The van der Waals surface area contributed by atoms with Crippen molar-refractivity contribution in [3.63, 3.8) is 0 Å². The highest BCUT2D eigenvalue weighted by molar-refractivity contribution is 9.10. The van der Waals surface area contributed by atoms with E-state index in [4.69, 9.17) is 5.73 Å². The zero-order valence-electron chi connectivity index (χ0n) is 10.5. The Hall–Kier alpha value is -0.680. The number of amides is 1. The first-order valence-electron chi connectivity index (χ1n) is 5.97. The molecule has 1 aromatic rings. The first-order valence-corrected chi connectivity index (χ1v) is 7.70. The van der Waals surface area contributed by atoms with Gasteiger partial charge in [0.25, 0.3) is 5.91 Å². The second-order valence-electron chi connectivity index (χ2n) is 4.70. The zero-order valence-corrected chi connectivity index (χ0v) is 12.9. The van der Waals surface area contributed by atoms with Crippen LogP contribution in [0.25, 0.3) is 0 Å². The van der Waals surface area contributed by atoms with Crippen LogP contribution in [-0.4, -0.2) is 34.4 Å². The highest BCUT2D eigenvalue weighted by Gasteiger charge is 2.27. The lowest BCUT2D eigenvalue weighted by Crippen LogP contribution is -2.44. The summed E-state index contributed by atoms with van der Waals surface area (Å²) in [5, 5.41) is 0.956. The minimum atomic E-state index is 0.0350. The number of hydrogen-bond donors (Lipinski definition) is 1. The summed E-state index contributed by atoms with van der Waals surface area (Å²) in [6.45, 7) is 5.90. The summed E-state index contributed by atoms with van der Waals surface area (Å²) in [6, 6.07) is 5.42. The second-order valence-corrected chi connectivity index (χ2v) is 7.50. The SMILES string of the molecule is CC1CN(C(=O)c2cc(Br)ccc2N)CC(C)S1. The van der Waals surface area contributed by atoms with Crippen molar-refractivity contribution in [2.45, 2.75) is 24.3 Å². The van der Waals surface area contributed by atoms with Crippen molar-refractivity contribution in [3.05, 3.63) is 28.2 Å². The Bertz CT molecular complexity index is 456. The van der Waals surface area contributed by atoms with E-state index in [0.717, 1.165) is 17.6 Å². The van der Waals surface area contributed by atoms with E-state index in [1.54, 1.807) is 12.1 Å². The number of anilines is 1. The third-order valence-electron chi connectivity index (χ3n) is 2.95. The quantitative estimate of drug-likeness (QED) is 0.806. The van der Waals surface area contributed by atoms with E-state index in [9.17, 15) is 4.79 Å². The number of nitrogens with zero attached hydrogens (tertiary/aromatic N) is 1. The standard InChI is InChI=1S/C13H17BrN2OS/c1-8-6-16(7-9(2)18-8)13(17)11-5-10(14)3-4-12(11)15/h3-5,8-9H,6-7,15H2,1-2H3. The van der Waals surface area contributed by atoms with Crippen LogP contribution in [-0.2, 0) is 0 Å². The highest BCUT2D eigenvalue weighted by atomic mass is 79.9. The van der Waals surface area contributed by atoms with Gasteiger partial charge in [-0.3, -0.25) is 4.79 Å². The van der Waals surface area contributed by atoms with Crippen LogP contribution in [0.15, 0.2) is 22.7 Å². The van der Waals surface area contributed by atoms with Gasteiger partial charge in [0.05, 0.1) is 5.56 Å². The van der Waals surface area contributed by atoms with Gasteiger partial charge in [-0.2, -0.15) is 11.8 Å². The lowest BCUT2D eigenvalue weighted by Gasteiger charge is -2.34. The fourth-order valence-corrected chi connectivity index (χ4v) is 3.91. The molecule has 2 rings (SSSR count). The van der Waals surface area contributed by atoms with Gasteiger partial charge in [-0.25, -0.2) is 0 Å². The maximum Gasteiger partial charge on any atom is 0.256 e. The van der Waals surface area contributed by atoms with Crippen molar-refractivity contribution in [2.24, 2.45) is 0 Å². The van der Waals surface area contributed by atoms with Crippen LogP contribution < -0.4 is 5.73 Å². The Morgan fingerprint density at radius 2 is 2.00 bits per heavy atom. The molecule has 1 aliphatic heterocycles. The number of carbonyl (C=O) groups excluding carboxylic acids is 1. The lowest BCUT2D eigenvalue weighted by molar-refractivity contribution is 0.0754. The van der Waals surface area contributed by atoms with Gasteiger partial charge in [0.2, 0.25) is 0 Å². The number of nitrogen functional groups attached to an aromatic ring is 1. The van der Waals surface area contributed by atoms with Crippen LogP contribution >= 0.6 is 27.7 Å². The Morgan fingerprint density at radius 1 is 1.39 bits per heavy atom. The van der Waals surface area contributed by atoms with Crippen LogP contribution in [0.3, 0.4) is 0 Å². The zero-order chi connectivity index (χ0) is 13.3. The number of hydrogen-bond acceptors (Lipinski definition) is 3. The first-order chi connectivity index (χ1) is 8.47. The molecule has 2 atom stereocenters. The topological polar surface area (TPSA) is 46.3 Å². The van der Waals surface area contributed by atoms with Gasteiger partial charge in [0.1, 0.15) is 0 Å². The monoisotopic (exact) mass is 328 g/mol. The van der Waals surface area contributed by atoms with Crippen LogP contribution in [0.4, 0.5) is 5.69 Å². The van der Waals surface area contributed by atoms with Crippen molar-refractivity contribution in [1.29, 1.82) is 0 Å². The maximum atomic E-state index is 12.5. The fraction of sp³-hybridized carbons (Fsp3) is 0.462. The molecule has 0 saturated carbocycles. The maximum absolute atomic E-state index is 12.5. The Balaban J connectivity index is 2.22.